The highest BCUT2D eigenvalue weighted by atomic mass is 16.5. The van der Waals surface area contributed by atoms with Gasteiger partial charge in [-0.3, -0.25) is 0 Å². The molecule has 3 N–H and O–H groups in total. The normalized spacial score (nSPS) is 10.2. The van der Waals surface area contributed by atoms with Crippen molar-refractivity contribution in [3.63, 3.8) is 0 Å². The number of rotatable bonds is 4. The average Bonchev–Trinajstić information content (AvgIpc) is 2.67. The Morgan fingerprint density at radius 2 is 1.77 bits per heavy atom. The van der Waals surface area contributed by atoms with Crippen molar-refractivity contribution in [1.29, 1.82) is 5.26 Å². The van der Waals surface area contributed by atoms with Crippen molar-refractivity contribution in [3.05, 3.63) is 54.1 Å². The SMILES string of the molecule is COc1ccc(-c2cc(-c3ccccc3O)nc(N)c2C#N)c(OC)c1. The summed E-state index contributed by atoms with van der Waals surface area (Å²) in [6.07, 6.45) is 0. The van der Waals surface area contributed by atoms with Crippen LogP contribution in [-0.4, -0.2) is 24.3 Å². The molecule has 3 aromatic rings. The lowest BCUT2D eigenvalue weighted by Crippen LogP contribution is -2.01. The number of benzene rings is 2. The van der Waals surface area contributed by atoms with Crippen LogP contribution in [0.3, 0.4) is 0 Å². The first-order valence-electron chi connectivity index (χ1n) is 7.80. The van der Waals surface area contributed by atoms with Gasteiger partial charge in [0.15, 0.2) is 0 Å². The minimum Gasteiger partial charge on any atom is -0.507 e. The molecule has 2 aromatic carbocycles. The summed E-state index contributed by atoms with van der Waals surface area (Å²) in [4.78, 5) is 4.28. The van der Waals surface area contributed by atoms with E-state index in [0.29, 0.717) is 33.9 Å². The van der Waals surface area contributed by atoms with Gasteiger partial charge in [0.1, 0.15) is 34.7 Å². The molecule has 0 bridgehead atoms. The molecule has 0 aliphatic heterocycles. The van der Waals surface area contributed by atoms with E-state index in [9.17, 15) is 10.4 Å². The van der Waals surface area contributed by atoms with Gasteiger partial charge >= 0.3 is 0 Å². The maximum atomic E-state index is 10.1. The van der Waals surface area contributed by atoms with Crippen molar-refractivity contribution in [2.75, 3.05) is 20.0 Å². The molecule has 26 heavy (non-hydrogen) atoms. The maximum absolute atomic E-state index is 10.1. The molecule has 0 radical (unpaired) electrons. The second-order valence-electron chi connectivity index (χ2n) is 5.51. The summed E-state index contributed by atoms with van der Waals surface area (Å²) < 4.78 is 10.7. The van der Waals surface area contributed by atoms with E-state index >= 15 is 0 Å². The lowest BCUT2D eigenvalue weighted by molar-refractivity contribution is 0.395. The molecular weight excluding hydrogens is 330 g/mol. The van der Waals surface area contributed by atoms with E-state index in [0.717, 1.165) is 0 Å². The van der Waals surface area contributed by atoms with Gasteiger partial charge in [0.2, 0.25) is 0 Å². The van der Waals surface area contributed by atoms with Crippen LogP contribution in [0.1, 0.15) is 5.56 Å². The van der Waals surface area contributed by atoms with Crippen molar-refractivity contribution in [1.82, 2.24) is 4.98 Å². The molecule has 0 atom stereocenters. The van der Waals surface area contributed by atoms with Crippen molar-refractivity contribution in [3.8, 4) is 45.7 Å². The number of aromatic hydroxyl groups is 1. The Kier molecular flexibility index (Phi) is 4.63. The van der Waals surface area contributed by atoms with Gasteiger partial charge in [0, 0.05) is 22.8 Å². The smallest absolute Gasteiger partial charge is 0.142 e. The highest BCUT2D eigenvalue weighted by Gasteiger charge is 2.18. The van der Waals surface area contributed by atoms with Crippen molar-refractivity contribution in [2.45, 2.75) is 0 Å². The fraction of sp³-hybridized carbons (Fsp3) is 0.100. The Hall–Kier alpha value is -3.72. The molecule has 1 heterocycles. The molecule has 0 saturated heterocycles. The first kappa shape index (κ1) is 17.1. The minimum absolute atomic E-state index is 0.0803. The van der Waals surface area contributed by atoms with Crippen molar-refractivity contribution >= 4 is 5.82 Å². The van der Waals surface area contributed by atoms with Crippen LogP contribution in [0.2, 0.25) is 0 Å². The average molecular weight is 347 g/mol. The number of anilines is 1. The Morgan fingerprint density at radius 3 is 2.42 bits per heavy atom. The second kappa shape index (κ2) is 7.03. The number of hydrogen-bond donors (Lipinski definition) is 2. The summed E-state index contributed by atoms with van der Waals surface area (Å²) in [5.41, 5.74) is 8.50. The zero-order valence-corrected chi connectivity index (χ0v) is 14.4. The molecule has 1 aromatic heterocycles. The number of nitrogen functional groups attached to an aromatic ring is 1. The standard InChI is InChI=1S/C20H17N3O3/c1-25-12-7-8-13(19(9-12)26-2)15-10-17(23-20(22)16(15)11-21)14-5-3-4-6-18(14)24/h3-10,24H,1-2H3,(H2,22,23). The number of hydrogen-bond acceptors (Lipinski definition) is 6. The van der Waals surface area contributed by atoms with Gasteiger partial charge in [-0.2, -0.15) is 5.26 Å². The van der Waals surface area contributed by atoms with Crippen molar-refractivity contribution in [2.24, 2.45) is 0 Å². The van der Waals surface area contributed by atoms with Crippen LogP contribution >= 0.6 is 0 Å². The van der Waals surface area contributed by atoms with Crippen LogP contribution in [0.15, 0.2) is 48.5 Å². The molecule has 0 saturated carbocycles. The van der Waals surface area contributed by atoms with Crippen LogP contribution < -0.4 is 15.2 Å². The number of phenolic OH excluding ortho intramolecular Hbond substituents is 1. The first-order chi connectivity index (χ1) is 12.6. The van der Waals surface area contributed by atoms with E-state index in [1.165, 1.54) is 0 Å². The van der Waals surface area contributed by atoms with Gasteiger partial charge in [-0.25, -0.2) is 4.98 Å². The number of ether oxygens (including phenoxy) is 2. The largest absolute Gasteiger partial charge is 0.507 e. The summed E-state index contributed by atoms with van der Waals surface area (Å²) in [6, 6.07) is 15.9. The molecular formula is C20H17N3O3. The predicted octanol–water partition coefficient (Wildman–Crippen LogP) is 3.59. The zero-order chi connectivity index (χ0) is 18.7. The maximum Gasteiger partial charge on any atom is 0.142 e. The topological polar surface area (TPSA) is 101 Å². The van der Waals surface area contributed by atoms with Gasteiger partial charge in [-0.15, -0.1) is 0 Å². The Labute approximate surface area is 151 Å². The van der Waals surface area contributed by atoms with Crippen LogP contribution in [-0.2, 0) is 0 Å². The third-order valence-corrected chi connectivity index (χ3v) is 4.04. The van der Waals surface area contributed by atoms with E-state index in [4.69, 9.17) is 15.2 Å². The van der Waals surface area contributed by atoms with Crippen LogP contribution in [0, 0.1) is 11.3 Å². The third kappa shape index (κ3) is 2.98. The molecule has 0 unspecified atom stereocenters. The van der Waals surface area contributed by atoms with Crippen LogP contribution in [0.25, 0.3) is 22.4 Å². The van der Waals surface area contributed by atoms with Crippen LogP contribution in [0.5, 0.6) is 17.2 Å². The summed E-state index contributed by atoms with van der Waals surface area (Å²) >= 11 is 0. The summed E-state index contributed by atoms with van der Waals surface area (Å²) in [5, 5.41) is 19.7. The lowest BCUT2D eigenvalue weighted by atomic mass is 9.97. The van der Waals surface area contributed by atoms with Gasteiger partial charge < -0.3 is 20.3 Å². The summed E-state index contributed by atoms with van der Waals surface area (Å²) in [6.45, 7) is 0. The minimum atomic E-state index is 0.0803. The number of phenols is 1. The number of nitriles is 1. The molecule has 0 spiro atoms. The number of methoxy groups -OCH3 is 2. The highest BCUT2D eigenvalue weighted by Crippen LogP contribution is 2.39. The van der Waals surface area contributed by atoms with E-state index in [2.05, 4.69) is 11.1 Å². The molecule has 6 heteroatoms. The molecule has 0 fully saturated rings. The van der Waals surface area contributed by atoms with Gasteiger partial charge in [0.25, 0.3) is 0 Å². The Morgan fingerprint density at radius 1 is 1.00 bits per heavy atom. The number of nitrogens with two attached hydrogens (primary N) is 1. The number of pyridine rings is 1. The number of para-hydroxylation sites is 1. The Balaban J connectivity index is 2.28. The van der Waals surface area contributed by atoms with Gasteiger partial charge in [-0.1, -0.05) is 12.1 Å². The molecule has 0 aliphatic carbocycles. The quantitative estimate of drug-likeness (QED) is 0.748. The third-order valence-electron chi connectivity index (χ3n) is 4.04. The van der Waals surface area contributed by atoms with E-state index in [1.807, 2.05) is 0 Å². The molecule has 6 nitrogen and oxygen atoms in total. The zero-order valence-electron chi connectivity index (χ0n) is 14.4. The highest BCUT2D eigenvalue weighted by molar-refractivity contribution is 5.84. The number of nitrogens with zero attached hydrogens (tertiary/aromatic N) is 2. The monoisotopic (exact) mass is 347 g/mol. The fourth-order valence-electron chi connectivity index (χ4n) is 2.74. The summed E-state index contributed by atoms with van der Waals surface area (Å²) in [5.74, 6) is 1.33. The molecule has 130 valence electrons. The van der Waals surface area contributed by atoms with Gasteiger partial charge in [-0.05, 0) is 30.3 Å². The summed E-state index contributed by atoms with van der Waals surface area (Å²) in [7, 11) is 3.11. The number of aromatic nitrogens is 1. The predicted molar refractivity (Wildman–Crippen MR) is 99.0 cm³/mol. The molecule has 3 rings (SSSR count). The lowest BCUT2D eigenvalue weighted by Gasteiger charge is -2.14. The fourth-order valence-corrected chi connectivity index (χ4v) is 2.74. The van der Waals surface area contributed by atoms with E-state index < -0.39 is 0 Å². The van der Waals surface area contributed by atoms with Gasteiger partial charge in [0.05, 0.1) is 19.9 Å². The van der Waals surface area contributed by atoms with Crippen molar-refractivity contribution < 1.29 is 14.6 Å². The molecule has 0 amide bonds. The molecule has 0 aliphatic rings. The van der Waals surface area contributed by atoms with Crippen LogP contribution in [0.4, 0.5) is 5.82 Å². The first-order valence-corrected chi connectivity index (χ1v) is 7.80. The van der Waals surface area contributed by atoms with E-state index in [-0.39, 0.29) is 17.1 Å². The van der Waals surface area contributed by atoms with E-state index in [1.54, 1.807) is 62.8 Å². The Bertz CT molecular complexity index is 1010. The second-order valence-corrected chi connectivity index (χ2v) is 5.51.